The van der Waals surface area contributed by atoms with Gasteiger partial charge in [-0.15, -0.1) is 0 Å². The van der Waals surface area contributed by atoms with Crippen molar-refractivity contribution in [3.05, 3.63) is 28.8 Å². The molecule has 0 aromatic heterocycles. The lowest BCUT2D eigenvalue weighted by Crippen LogP contribution is -2.37. The van der Waals surface area contributed by atoms with Gasteiger partial charge in [0.1, 0.15) is 0 Å². The number of amides is 4. The van der Waals surface area contributed by atoms with Gasteiger partial charge < -0.3 is 10.6 Å². The molecule has 0 atom stereocenters. The van der Waals surface area contributed by atoms with E-state index >= 15 is 0 Å². The molecule has 0 aliphatic carbocycles. The summed E-state index contributed by atoms with van der Waals surface area (Å²) < 4.78 is 0. The highest BCUT2D eigenvalue weighted by atomic mass is 35.5. The fourth-order valence-electron chi connectivity index (χ4n) is 2.29. The van der Waals surface area contributed by atoms with E-state index in [1.807, 2.05) is 0 Å². The second-order valence-electron chi connectivity index (χ2n) is 5.43. The van der Waals surface area contributed by atoms with Gasteiger partial charge in [-0.3, -0.25) is 24.1 Å². The van der Waals surface area contributed by atoms with Crippen LogP contribution in [0, 0.1) is 6.92 Å². The summed E-state index contributed by atoms with van der Waals surface area (Å²) in [6.45, 7) is 1.62. The highest BCUT2D eigenvalue weighted by molar-refractivity contribution is 6.31. The predicted octanol–water partition coefficient (Wildman–Crippen LogP) is 1.24. The molecule has 1 saturated heterocycles. The molecule has 7 nitrogen and oxygen atoms in total. The highest BCUT2D eigenvalue weighted by Crippen LogP contribution is 2.22. The SMILES string of the molecule is Cc1c(Cl)cccc1NC(=O)CNC(=O)CCN1C(=O)CCC1=O. The van der Waals surface area contributed by atoms with Crippen molar-refractivity contribution in [1.29, 1.82) is 0 Å². The summed E-state index contributed by atoms with van der Waals surface area (Å²) in [5.74, 6) is -1.31. The summed E-state index contributed by atoms with van der Waals surface area (Å²) in [5.41, 5.74) is 1.32. The van der Waals surface area contributed by atoms with E-state index in [2.05, 4.69) is 10.6 Å². The van der Waals surface area contributed by atoms with Gasteiger partial charge in [-0.05, 0) is 24.6 Å². The van der Waals surface area contributed by atoms with Crippen LogP contribution in [-0.2, 0) is 19.2 Å². The molecular weight excluding hydrogens is 334 g/mol. The van der Waals surface area contributed by atoms with E-state index in [1.165, 1.54) is 0 Å². The number of carbonyl (C=O) groups is 4. The number of rotatable bonds is 6. The molecule has 128 valence electrons. The van der Waals surface area contributed by atoms with Gasteiger partial charge in [-0.25, -0.2) is 0 Å². The van der Waals surface area contributed by atoms with E-state index in [-0.39, 0.29) is 50.1 Å². The summed E-state index contributed by atoms with van der Waals surface area (Å²) in [5, 5.41) is 5.66. The summed E-state index contributed by atoms with van der Waals surface area (Å²) in [4.78, 5) is 47.5. The number of likely N-dealkylation sites (tertiary alicyclic amines) is 1. The quantitative estimate of drug-likeness (QED) is 0.754. The molecule has 24 heavy (non-hydrogen) atoms. The number of carbonyl (C=O) groups excluding carboxylic acids is 4. The monoisotopic (exact) mass is 351 g/mol. The number of benzene rings is 1. The van der Waals surface area contributed by atoms with E-state index in [0.717, 1.165) is 10.5 Å². The first-order valence-corrected chi connectivity index (χ1v) is 7.91. The van der Waals surface area contributed by atoms with Crippen LogP contribution in [0.25, 0.3) is 0 Å². The van der Waals surface area contributed by atoms with Gasteiger partial charge in [0, 0.05) is 36.5 Å². The van der Waals surface area contributed by atoms with Crippen LogP contribution in [0.2, 0.25) is 5.02 Å². The number of hydrogen-bond donors (Lipinski definition) is 2. The standard InChI is InChI=1S/C16H18ClN3O4/c1-10-11(17)3-2-4-12(10)19-14(22)9-18-13(21)7-8-20-15(23)5-6-16(20)24/h2-4H,5-9H2,1H3,(H,18,21)(H,19,22). The molecular formula is C16H18ClN3O4. The van der Waals surface area contributed by atoms with Crippen molar-refractivity contribution in [3.8, 4) is 0 Å². The van der Waals surface area contributed by atoms with Crippen LogP contribution in [-0.4, -0.2) is 41.6 Å². The molecule has 1 aromatic rings. The molecule has 1 fully saturated rings. The first kappa shape index (κ1) is 17.9. The van der Waals surface area contributed by atoms with E-state index < -0.39 is 5.91 Å². The fourth-order valence-corrected chi connectivity index (χ4v) is 2.46. The maximum Gasteiger partial charge on any atom is 0.243 e. The van der Waals surface area contributed by atoms with Crippen LogP contribution >= 0.6 is 11.6 Å². The predicted molar refractivity (Wildman–Crippen MR) is 88.4 cm³/mol. The Morgan fingerprint density at radius 2 is 1.83 bits per heavy atom. The maximum atomic E-state index is 11.9. The molecule has 0 radical (unpaired) electrons. The van der Waals surface area contributed by atoms with Gasteiger partial charge >= 0.3 is 0 Å². The molecule has 2 rings (SSSR count). The average Bonchev–Trinajstić information content (AvgIpc) is 2.86. The van der Waals surface area contributed by atoms with Gasteiger partial charge in [0.15, 0.2) is 0 Å². The third-order valence-corrected chi connectivity index (χ3v) is 4.11. The zero-order chi connectivity index (χ0) is 17.7. The first-order chi connectivity index (χ1) is 11.4. The van der Waals surface area contributed by atoms with Crippen molar-refractivity contribution in [2.45, 2.75) is 26.2 Å². The number of halogens is 1. The van der Waals surface area contributed by atoms with Gasteiger partial charge in [-0.1, -0.05) is 17.7 Å². The summed E-state index contributed by atoms with van der Waals surface area (Å²) in [7, 11) is 0. The van der Waals surface area contributed by atoms with E-state index in [1.54, 1.807) is 25.1 Å². The molecule has 0 unspecified atom stereocenters. The van der Waals surface area contributed by atoms with Gasteiger partial charge in [0.2, 0.25) is 23.6 Å². The normalized spacial score (nSPS) is 14.0. The molecule has 1 aromatic carbocycles. The summed E-state index contributed by atoms with van der Waals surface area (Å²) in [6, 6.07) is 5.15. The molecule has 2 N–H and O–H groups in total. The molecule has 8 heteroatoms. The van der Waals surface area contributed by atoms with Crippen LogP contribution in [0.3, 0.4) is 0 Å². The first-order valence-electron chi connectivity index (χ1n) is 7.53. The molecule has 1 heterocycles. The minimum Gasteiger partial charge on any atom is -0.347 e. The smallest absolute Gasteiger partial charge is 0.243 e. The van der Waals surface area contributed by atoms with E-state index in [9.17, 15) is 19.2 Å². The van der Waals surface area contributed by atoms with Crippen molar-refractivity contribution in [2.24, 2.45) is 0 Å². The van der Waals surface area contributed by atoms with Crippen molar-refractivity contribution in [2.75, 3.05) is 18.4 Å². The Balaban J connectivity index is 1.75. The minimum atomic E-state index is -0.402. The molecule has 4 amide bonds. The molecule has 1 aliphatic heterocycles. The Bertz CT molecular complexity index is 674. The van der Waals surface area contributed by atoms with Crippen LogP contribution in [0.5, 0.6) is 0 Å². The second kappa shape index (κ2) is 7.92. The molecule has 0 saturated carbocycles. The van der Waals surface area contributed by atoms with Crippen LogP contribution in [0.15, 0.2) is 18.2 Å². The lowest BCUT2D eigenvalue weighted by Gasteiger charge is -2.13. The summed E-state index contributed by atoms with van der Waals surface area (Å²) in [6.07, 6.45) is 0.366. The van der Waals surface area contributed by atoms with Crippen LogP contribution in [0.4, 0.5) is 5.69 Å². The largest absolute Gasteiger partial charge is 0.347 e. The lowest BCUT2D eigenvalue weighted by atomic mass is 10.2. The van der Waals surface area contributed by atoms with Crippen molar-refractivity contribution in [3.63, 3.8) is 0 Å². The van der Waals surface area contributed by atoms with Crippen LogP contribution < -0.4 is 10.6 Å². The van der Waals surface area contributed by atoms with Crippen molar-refractivity contribution < 1.29 is 19.2 Å². The van der Waals surface area contributed by atoms with Gasteiger partial charge in [-0.2, -0.15) is 0 Å². The zero-order valence-electron chi connectivity index (χ0n) is 13.2. The lowest BCUT2D eigenvalue weighted by molar-refractivity contribution is -0.138. The number of nitrogens with one attached hydrogen (secondary N) is 2. The third-order valence-electron chi connectivity index (χ3n) is 3.71. The van der Waals surface area contributed by atoms with Crippen molar-refractivity contribution in [1.82, 2.24) is 10.2 Å². The van der Waals surface area contributed by atoms with Crippen molar-refractivity contribution >= 4 is 40.9 Å². The van der Waals surface area contributed by atoms with E-state index in [4.69, 9.17) is 11.6 Å². The second-order valence-corrected chi connectivity index (χ2v) is 5.83. The number of anilines is 1. The number of nitrogens with zero attached hydrogens (tertiary/aromatic N) is 1. The topological polar surface area (TPSA) is 95.6 Å². The van der Waals surface area contributed by atoms with Gasteiger partial charge in [0.05, 0.1) is 6.54 Å². The van der Waals surface area contributed by atoms with Crippen LogP contribution in [0.1, 0.15) is 24.8 Å². The van der Waals surface area contributed by atoms with E-state index in [0.29, 0.717) is 10.7 Å². The number of hydrogen-bond acceptors (Lipinski definition) is 4. The molecule has 0 bridgehead atoms. The molecule has 0 spiro atoms. The Kier molecular flexibility index (Phi) is 5.92. The highest BCUT2D eigenvalue weighted by Gasteiger charge is 2.28. The average molecular weight is 352 g/mol. The molecule has 1 aliphatic rings. The minimum absolute atomic E-state index is 0.0268. The summed E-state index contributed by atoms with van der Waals surface area (Å²) >= 11 is 5.97. The Morgan fingerprint density at radius 1 is 1.17 bits per heavy atom. The fraction of sp³-hybridized carbons (Fsp3) is 0.375. The Morgan fingerprint density at radius 3 is 2.50 bits per heavy atom. The van der Waals surface area contributed by atoms with Gasteiger partial charge in [0.25, 0.3) is 0 Å². The third kappa shape index (κ3) is 4.55. The Hall–Kier alpha value is -2.41. The number of imide groups is 1. The maximum absolute atomic E-state index is 11.9. The Labute approximate surface area is 144 Å². The zero-order valence-corrected chi connectivity index (χ0v) is 14.0.